The van der Waals surface area contributed by atoms with Crippen LogP contribution >= 0.6 is 11.3 Å². The van der Waals surface area contributed by atoms with Gasteiger partial charge in [-0.1, -0.05) is 0 Å². The average molecular weight is 326 g/mol. The topological polar surface area (TPSA) is 41.1 Å². The van der Waals surface area contributed by atoms with E-state index in [4.69, 9.17) is 0 Å². The highest BCUT2D eigenvalue weighted by Crippen LogP contribution is 2.43. The lowest BCUT2D eigenvalue weighted by Gasteiger charge is -2.35. The van der Waals surface area contributed by atoms with Gasteiger partial charge in [0.25, 0.3) is 11.8 Å². The van der Waals surface area contributed by atoms with Gasteiger partial charge in [0.2, 0.25) is 0 Å². The van der Waals surface area contributed by atoms with Gasteiger partial charge in [-0.05, 0) is 48.7 Å². The van der Waals surface area contributed by atoms with Crippen molar-refractivity contribution in [3.8, 4) is 0 Å². The highest BCUT2D eigenvalue weighted by atomic mass is 32.1. The number of alkyl halides is 2. The Kier molecular flexibility index (Phi) is 3.49. The molecular formula is C16H20F2N2OS. The van der Waals surface area contributed by atoms with Crippen LogP contribution in [0.25, 0.3) is 0 Å². The van der Waals surface area contributed by atoms with Gasteiger partial charge in [0.15, 0.2) is 0 Å². The standard InChI is InChI=1S/C16H20F2N2OS/c17-16(18)5-11(6-16)20-15(21)14-3-10(8-22-14)12-4-13(12)19-7-9-1-2-9/h3,8-9,11-13,19H,1-2,4-7H2,(H,20,21). The lowest BCUT2D eigenvalue weighted by molar-refractivity contribution is -0.0901. The van der Waals surface area contributed by atoms with Crippen LogP contribution in [0, 0.1) is 5.92 Å². The molecule has 3 nitrogen and oxygen atoms in total. The summed E-state index contributed by atoms with van der Waals surface area (Å²) in [4.78, 5) is 12.7. The van der Waals surface area contributed by atoms with Crippen molar-refractivity contribution in [2.45, 2.75) is 56.0 Å². The van der Waals surface area contributed by atoms with Gasteiger partial charge >= 0.3 is 0 Å². The number of hydrogen-bond donors (Lipinski definition) is 2. The summed E-state index contributed by atoms with van der Waals surface area (Å²) < 4.78 is 25.6. The van der Waals surface area contributed by atoms with E-state index in [1.54, 1.807) is 0 Å². The number of halogens is 2. The van der Waals surface area contributed by atoms with Crippen LogP contribution in [0.1, 0.15) is 53.3 Å². The second kappa shape index (κ2) is 5.27. The van der Waals surface area contributed by atoms with Gasteiger partial charge in [0.05, 0.1) is 4.88 Å². The van der Waals surface area contributed by atoms with Crippen molar-refractivity contribution in [1.29, 1.82) is 0 Å². The third kappa shape index (κ3) is 3.18. The molecule has 0 aromatic carbocycles. The first kappa shape index (κ1) is 14.6. The molecule has 4 rings (SSSR count). The minimum atomic E-state index is -2.59. The summed E-state index contributed by atoms with van der Waals surface area (Å²) in [5.74, 6) is -1.40. The first-order valence-corrected chi connectivity index (χ1v) is 8.89. The fourth-order valence-electron chi connectivity index (χ4n) is 3.11. The predicted molar refractivity (Wildman–Crippen MR) is 81.6 cm³/mol. The molecule has 120 valence electrons. The molecule has 0 bridgehead atoms. The van der Waals surface area contributed by atoms with Crippen LogP contribution in [-0.2, 0) is 0 Å². The Bertz CT molecular complexity index is 576. The van der Waals surface area contributed by atoms with Crippen molar-refractivity contribution >= 4 is 17.2 Å². The lowest BCUT2D eigenvalue weighted by Crippen LogP contribution is -2.50. The van der Waals surface area contributed by atoms with E-state index in [1.165, 1.54) is 29.7 Å². The van der Waals surface area contributed by atoms with Crippen LogP contribution in [0.3, 0.4) is 0 Å². The molecule has 3 saturated carbocycles. The number of carbonyl (C=O) groups excluding carboxylic acids is 1. The van der Waals surface area contributed by atoms with Gasteiger partial charge in [0, 0.05) is 30.8 Å². The zero-order chi connectivity index (χ0) is 15.3. The number of hydrogen-bond acceptors (Lipinski definition) is 3. The van der Waals surface area contributed by atoms with Gasteiger partial charge < -0.3 is 10.6 Å². The van der Waals surface area contributed by atoms with Crippen molar-refractivity contribution in [2.75, 3.05) is 6.54 Å². The van der Waals surface area contributed by atoms with Gasteiger partial charge in [-0.3, -0.25) is 4.79 Å². The Balaban J connectivity index is 1.27. The maximum Gasteiger partial charge on any atom is 0.261 e. The molecule has 1 aromatic rings. The lowest BCUT2D eigenvalue weighted by atomic mass is 9.88. The second-order valence-electron chi connectivity index (χ2n) is 6.98. The molecule has 0 saturated heterocycles. The monoisotopic (exact) mass is 326 g/mol. The molecule has 3 aliphatic rings. The fraction of sp³-hybridized carbons (Fsp3) is 0.688. The molecule has 2 N–H and O–H groups in total. The number of thiophene rings is 1. The summed E-state index contributed by atoms with van der Waals surface area (Å²) in [5, 5.41) is 8.32. The normalized spacial score (nSPS) is 29.9. The Morgan fingerprint density at radius 1 is 1.36 bits per heavy atom. The summed E-state index contributed by atoms with van der Waals surface area (Å²) in [6, 6.07) is 2.11. The summed E-state index contributed by atoms with van der Waals surface area (Å²) in [6.07, 6.45) is 3.39. The van der Waals surface area contributed by atoms with Crippen LogP contribution in [0.2, 0.25) is 0 Å². The number of carbonyl (C=O) groups is 1. The molecule has 2 unspecified atom stereocenters. The zero-order valence-corrected chi connectivity index (χ0v) is 13.1. The van der Waals surface area contributed by atoms with Crippen LogP contribution in [0.15, 0.2) is 11.4 Å². The Labute approximate surface area is 132 Å². The first-order chi connectivity index (χ1) is 10.5. The molecule has 0 spiro atoms. The summed E-state index contributed by atoms with van der Waals surface area (Å²) in [5.41, 5.74) is 1.21. The van der Waals surface area contributed by atoms with E-state index in [2.05, 4.69) is 10.6 Å². The molecular weight excluding hydrogens is 306 g/mol. The van der Waals surface area contributed by atoms with Crippen molar-refractivity contribution < 1.29 is 13.6 Å². The van der Waals surface area contributed by atoms with Crippen LogP contribution in [-0.4, -0.2) is 30.5 Å². The van der Waals surface area contributed by atoms with Gasteiger partial charge in [-0.25, -0.2) is 8.78 Å². The minimum absolute atomic E-state index is 0.208. The van der Waals surface area contributed by atoms with Crippen molar-refractivity contribution in [1.82, 2.24) is 10.6 Å². The summed E-state index contributed by atoms with van der Waals surface area (Å²) in [6.45, 7) is 1.12. The van der Waals surface area contributed by atoms with Gasteiger partial charge in [0.1, 0.15) is 0 Å². The van der Waals surface area contributed by atoms with E-state index in [1.807, 2.05) is 11.4 Å². The van der Waals surface area contributed by atoms with E-state index in [9.17, 15) is 13.6 Å². The molecule has 22 heavy (non-hydrogen) atoms. The molecule has 1 aromatic heterocycles. The van der Waals surface area contributed by atoms with Gasteiger partial charge in [-0.15, -0.1) is 11.3 Å². The van der Waals surface area contributed by atoms with Crippen LogP contribution in [0.5, 0.6) is 0 Å². The van der Waals surface area contributed by atoms with Crippen molar-refractivity contribution in [3.63, 3.8) is 0 Å². The van der Waals surface area contributed by atoms with E-state index < -0.39 is 5.92 Å². The van der Waals surface area contributed by atoms with E-state index >= 15 is 0 Å². The summed E-state index contributed by atoms with van der Waals surface area (Å²) in [7, 11) is 0. The number of nitrogens with one attached hydrogen (secondary N) is 2. The molecule has 3 aliphatic carbocycles. The second-order valence-corrected chi connectivity index (χ2v) is 7.89. The van der Waals surface area contributed by atoms with Crippen LogP contribution < -0.4 is 10.6 Å². The maximum absolute atomic E-state index is 12.8. The zero-order valence-electron chi connectivity index (χ0n) is 12.3. The molecule has 3 fully saturated rings. The van der Waals surface area contributed by atoms with Gasteiger partial charge in [-0.2, -0.15) is 0 Å². The highest BCUT2D eigenvalue weighted by molar-refractivity contribution is 7.12. The Hall–Kier alpha value is -1.01. The average Bonchev–Trinajstić information content (AvgIpc) is 3.33. The Morgan fingerprint density at radius 3 is 2.82 bits per heavy atom. The SMILES string of the molecule is O=C(NC1CC(F)(F)C1)c1cc(C2CC2NCC2CC2)cs1. The molecule has 0 aliphatic heterocycles. The largest absolute Gasteiger partial charge is 0.348 e. The summed E-state index contributed by atoms with van der Waals surface area (Å²) >= 11 is 1.41. The van der Waals surface area contributed by atoms with Crippen molar-refractivity contribution in [2.24, 2.45) is 5.92 Å². The molecule has 2 atom stereocenters. The molecule has 0 radical (unpaired) electrons. The number of rotatable bonds is 6. The molecule has 6 heteroatoms. The van der Waals surface area contributed by atoms with E-state index in [0.717, 1.165) is 18.9 Å². The molecule has 1 heterocycles. The quantitative estimate of drug-likeness (QED) is 0.843. The van der Waals surface area contributed by atoms with E-state index in [0.29, 0.717) is 16.8 Å². The highest BCUT2D eigenvalue weighted by Gasteiger charge is 2.46. The van der Waals surface area contributed by atoms with Crippen LogP contribution in [0.4, 0.5) is 8.78 Å². The smallest absolute Gasteiger partial charge is 0.261 e. The maximum atomic E-state index is 12.8. The minimum Gasteiger partial charge on any atom is -0.348 e. The molecule has 1 amide bonds. The Morgan fingerprint density at radius 2 is 2.14 bits per heavy atom. The predicted octanol–water partition coefficient (Wildman–Crippen LogP) is 3.13. The third-order valence-electron chi connectivity index (χ3n) is 4.85. The number of amides is 1. The first-order valence-electron chi connectivity index (χ1n) is 8.01. The fourth-order valence-corrected chi connectivity index (χ4v) is 3.99. The van der Waals surface area contributed by atoms with Crippen molar-refractivity contribution in [3.05, 3.63) is 21.9 Å². The third-order valence-corrected chi connectivity index (χ3v) is 5.80. The van der Waals surface area contributed by atoms with E-state index in [-0.39, 0.29) is 24.8 Å².